The molecule has 12 unspecified atom stereocenters. The van der Waals surface area contributed by atoms with Crippen molar-refractivity contribution in [3.05, 3.63) is 12.2 Å². The molecule has 258 valence electrons. The molecule has 44 heavy (non-hydrogen) atoms. The molecule has 0 spiro atoms. The van der Waals surface area contributed by atoms with Gasteiger partial charge in [-0.2, -0.15) is 0 Å². The Morgan fingerprint density at radius 3 is 2.05 bits per heavy atom. The zero-order valence-corrected chi connectivity index (χ0v) is 25.9. The molecule has 2 heterocycles. The third-order valence-electron chi connectivity index (χ3n) is 7.97. The molecule has 0 aromatic carbocycles. The molecule has 0 radical (unpaired) electrons. The number of unbranched alkanes of at least 4 members (excludes halogenated alkanes) is 7. The zero-order valence-electron chi connectivity index (χ0n) is 25.9. The Balaban J connectivity index is 2.05. The summed E-state index contributed by atoms with van der Waals surface area (Å²) >= 11 is 0. The first-order valence-electron chi connectivity index (χ1n) is 15.9. The molecule has 2 saturated heterocycles. The van der Waals surface area contributed by atoms with Gasteiger partial charge in [-0.3, -0.25) is 4.79 Å². The molecule has 0 bridgehead atoms. The number of aliphatic hydroxyl groups excluding tert-OH is 8. The van der Waals surface area contributed by atoms with Crippen molar-refractivity contribution in [1.29, 1.82) is 0 Å². The largest absolute Gasteiger partial charge is 0.394 e. The number of allylic oxidation sites excluding steroid dienone is 1. The van der Waals surface area contributed by atoms with Crippen molar-refractivity contribution in [2.75, 3.05) is 19.8 Å². The number of aliphatic hydroxyl groups is 8. The van der Waals surface area contributed by atoms with Gasteiger partial charge >= 0.3 is 0 Å². The summed E-state index contributed by atoms with van der Waals surface area (Å²) in [4.78, 5) is 12.6. The molecule has 2 fully saturated rings. The maximum atomic E-state index is 12.6. The first-order chi connectivity index (χ1) is 21.1. The van der Waals surface area contributed by atoms with Crippen LogP contribution in [0.3, 0.4) is 0 Å². The number of nitrogens with one attached hydrogen (secondary N) is 1. The van der Waals surface area contributed by atoms with Crippen LogP contribution < -0.4 is 5.32 Å². The van der Waals surface area contributed by atoms with E-state index in [1.165, 1.54) is 0 Å². The van der Waals surface area contributed by atoms with Crippen LogP contribution in [0.5, 0.6) is 0 Å². The van der Waals surface area contributed by atoms with E-state index in [1.54, 1.807) is 6.08 Å². The van der Waals surface area contributed by atoms with E-state index in [0.29, 0.717) is 6.42 Å². The summed E-state index contributed by atoms with van der Waals surface area (Å²) in [6, 6.07) is -0.899. The normalized spacial score (nSPS) is 34.2. The fourth-order valence-corrected chi connectivity index (χ4v) is 5.17. The van der Waals surface area contributed by atoms with Crippen molar-refractivity contribution < 1.29 is 64.6 Å². The summed E-state index contributed by atoms with van der Waals surface area (Å²) in [6.07, 6.45) is -4.53. The molecule has 12 atom stereocenters. The van der Waals surface area contributed by atoms with Crippen molar-refractivity contribution in [3.63, 3.8) is 0 Å². The molecule has 2 aliphatic rings. The molecule has 2 rings (SSSR count). The third kappa shape index (κ3) is 11.8. The van der Waals surface area contributed by atoms with Crippen molar-refractivity contribution in [2.45, 2.75) is 152 Å². The maximum Gasteiger partial charge on any atom is 0.220 e. The average molecular weight is 638 g/mol. The Labute approximate surface area is 259 Å². The highest BCUT2D eigenvalue weighted by atomic mass is 16.7. The van der Waals surface area contributed by atoms with Crippen LogP contribution in [-0.2, 0) is 23.7 Å². The van der Waals surface area contributed by atoms with E-state index in [0.717, 1.165) is 51.4 Å². The minimum absolute atomic E-state index is 0.267. The zero-order chi connectivity index (χ0) is 32.6. The van der Waals surface area contributed by atoms with E-state index in [9.17, 15) is 45.6 Å². The molecule has 0 aromatic heterocycles. The molecule has 2 aliphatic heterocycles. The average Bonchev–Trinajstić information content (AvgIpc) is 3.02. The number of carbonyl (C=O) groups excluding carboxylic acids is 1. The van der Waals surface area contributed by atoms with Gasteiger partial charge in [-0.15, -0.1) is 0 Å². The molecule has 14 heteroatoms. The molecule has 0 aromatic rings. The summed E-state index contributed by atoms with van der Waals surface area (Å²) in [5.74, 6) is -0.267. The predicted octanol–water partition coefficient (Wildman–Crippen LogP) is -1.03. The van der Waals surface area contributed by atoms with Crippen LogP contribution >= 0.6 is 0 Å². The summed E-state index contributed by atoms with van der Waals surface area (Å²) in [7, 11) is 0. The highest BCUT2D eigenvalue weighted by molar-refractivity contribution is 5.76. The molecule has 1 amide bonds. The van der Waals surface area contributed by atoms with Gasteiger partial charge in [-0.1, -0.05) is 64.5 Å². The number of hydrogen-bond acceptors (Lipinski definition) is 13. The predicted molar refractivity (Wildman–Crippen MR) is 157 cm³/mol. The van der Waals surface area contributed by atoms with Gasteiger partial charge in [0.05, 0.1) is 32.0 Å². The quantitative estimate of drug-likeness (QED) is 0.0575. The van der Waals surface area contributed by atoms with Crippen LogP contribution in [0, 0.1) is 0 Å². The number of ether oxygens (including phenoxy) is 4. The Morgan fingerprint density at radius 2 is 1.41 bits per heavy atom. The molecular weight excluding hydrogens is 582 g/mol. The highest BCUT2D eigenvalue weighted by Gasteiger charge is 2.50. The van der Waals surface area contributed by atoms with E-state index >= 15 is 0 Å². The lowest BCUT2D eigenvalue weighted by atomic mass is 9.97. The molecular formula is C30H55NO13. The van der Waals surface area contributed by atoms with Gasteiger partial charge in [0.2, 0.25) is 5.91 Å². The number of amides is 1. The molecule has 0 aliphatic carbocycles. The van der Waals surface area contributed by atoms with Crippen LogP contribution in [-0.4, -0.2) is 140 Å². The molecule has 9 N–H and O–H groups in total. The minimum atomic E-state index is -1.78. The van der Waals surface area contributed by atoms with Gasteiger partial charge in [0.15, 0.2) is 12.6 Å². The van der Waals surface area contributed by atoms with E-state index in [1.807, 2.05) is 6.08 Å². The third-order valence-corrected chi connectivity index (χ3v) is 7.97. The second-order valence-electron chi connectivity index (χ2n) is 11.6. The first kappa shape index (κ1) is 38.9. The van der Waals surface area contributed by atoms with Crippen molar-refractivity contribution >= 4 is 5.91 Å². The second-order valence-corrected chi connectivity index (χ2v) is 11.6. The Hall–Kier alpha value is -1.27. The standard InChI is InChI=1S/C30H55NO13/c1-3-5-7-9-10-11-13-19(34)18(31-22(35)14-12-8-6-4-2)17-41-29-27(40)25(38)28(21(16-33)43-29)44-30-26(39)24(37)23(36)20(15-32)42-30/h11,13,18-21,23-30,32-34,36-40H,3-10,12,14-17H2,1-2H3,(H,31,35)/b13-11+. The minimum Gasteiger partial charge on any atom is -0.394 e. The van der Waals surface area contributed by atoms with Gasteiger partial charge in [-0.05, 0) is 19.3 Å². The smallest absolute Gasteiger partial charge is 0.220 e. The van der Waals surface area contributed by atoms with Crippen LogP contribution in [0.4, 0.5) is 0 Å². The van der Waals surface area contributed by atoms with E-state index < -0.39 is 86.8 Å². The van der Waals surface area contributed by atoms with Gasteiger partial charge in [-0.25, -0.2) is 0 Å². The van der Waals surface area contributed by atoms with Crippen molar-refractivity contribution in [2.24, 2.45) is 0 Å². The number of carbonyl (C=O) groups is 1. The van der Waals surface area contributed by atoms with Crippen molar-refractivity contribution in [3.8, 4) is 0 Å². The van der Waals surface area contributed by atoms with E-state index in [-0.39, 0.29) is 18.9 Å². The van der Waals surface area contributed by atoms with Gasteiger partial charge in [0.25, 0.3) is 0 Å². The van der Waals surface area contributed by atoms with Crippen LogP contribution in [0.1, 0.15) is 78.1 Å². The van der Waals surface area contributed by atoms with Crippen LogP contribution in [0.2, 0.25) is 0 Å². The Morgan fingerprint density at radius 1 is 0.795 bits per heavy atom. The lowest BCUT2D eigenvalue weighted by Crippen LogP contribution is -2.65. The Bertz CT molecular complexity index is 816. The lowest BCUT2D eigenvalue weighted by Gasteiger charge is -2.46. The van der Waals surface area contributed by atoms with Gasteiger partial charge < -0.3 is 65.1 Å². The number of rotatable bonds is 20. The summed E-state index contributed by atoms with van der Waals surface area (Å²) < 4.78 is 22.3. The fraction of sp³-hybridized carbons (Fsp3) is 0.900. The lowest BCUT2D eigenvalue weighted by molar-refractivity contribution is -0.359. The van der Waals surface area contributed by atoms with Crippen LogP contribution in [0.15, 0.2) is 12.2 Å². The Kier molecular flexibility index (Phi) is 18.4. The van der Waals surface area contributed by atoms with Crippen LogP contribution in [0.25, 0.3) is 0 Å². The first-order valence-corrected chi connectivity index (χ1v) is 15.9. The fourth-order valence-electron chi connectivity index (χ4n) is 5.17. The highest BCUT2D eigenvalue weighted by Crippen LogP contribution is 2.29. The monoisotopic (exact) mass is 637 g/mol. The summed E-state index contributed by atoms with van der Waals surface area (Å²) in [6.45, 7) is 2.48. The van der Waals surface area contributed by atoms with Gasteiger partial charge in [0.1, 0.15) is 48.8 Å². The SMILES string of the molecule is CCCCCC/C=C/C(O)C(COC1OC(CO)C(OC2OC(CO)C(O)C(O)C2O)C(O)C1O)NC(=O)CCCCCC. The maximum absolute atomic E-state index is 12.6. The molecule has 14 nitrogen and oxygen atoms in total. The summed E-state index contributed by atoms with van der Waals surface area (Å²) in [5.41, 5.74) is 0. The second kappa shape index (κ2) is 20.8. The van der Waals surface area contributed by atoms with Crippen molar-refractivity contribution in [1.82, 2.24) is 5.32 Å². The van der Waals surface area contributed by atoms with E-state index in [2.05, 4.69) is 19.2 Å². The molecule has 0 saturated carbocycles. The van der Waals surface area contributed by atoms with E-state index in [4.69, 9.17) is 18.9 Å². The number of hydrogen-bond donors (Lipinski definition) is 9. The topological polar surface area (TPSA) is 228 Å². The van der Waals surface area contributed by atoms with Gasteiger partial charge in [0, 0.05) is 6.42 Å². The summed E-state index contributed by atoms with van der Waals surface area (Å²) in [5, 5.41) is 85.0.